The first-order valence-corrected chi connectivity index (χ1v) is 7.52. The molecule has 1 aliphatic heterocycles. The molecule has 0 bridgehead atoms. The molecule has 0 aromatic carbocycles. The Hall–Kier alpha value is -1.64. The minimum Gasteiger partial charge on any atom is -0.379 e. The van der Waals surface area contributed by atoms with E-state index in [-0.39, 0.29) is 6.04 Å². The summed E-state index contributed by atoms with van der Waals surface area (Å²) in [6, 6.07) is -0.0191. The lowest BCUT2D eigenvalue weighted by atomic mass is 9.77. The number of aliphatic hydroxyl groups is 1. The van der Waals surface area contributed by atoms with Crippen molar-refractivity contribution in [2.75, 3.05) is 6.54 Å². The van der Waals surface area contributed by atoms with E-state index in [0.717, 1.165) is 30.5 Å². The summed E-state index contributed by atoms with van der Waals surface area (Å²) in [5, 5.41) is 14.9. The Labute approximate surface area is 129 Å². The van der Waals surface area contributed by atoms with Crippen LogP contribution in [0.5, 0.6) is 0 Å². The molecule has 2 atom stereocenters. The number of rotatable bonds is 7. The van der Waals surface area contributed by atoms with Crippen LogP contribution in [-0.4, -0.2) is 23.3 Å². The maximum Gasteiger partial charge on any atom is 0.130 e. The van der Waals surface area contributed by atoms with E-state index in [0.29, 0.717) is 0 Å². The second-order valence-corrected chi connectivity index (χ2v) is 5.12. The van der Waals surface area contributed by atoms with Crippen molar-refractivity contribution in [3.8, 4) is 0 Å². The fraction of sp³-hybridized carbons (Fsp3) is 0.368. The smallest absolute Gasteiger partial charge is 0.130 e. The summed E-state index contributed by atoms with van der Waals surface area (Å²) in [6.07, 6.45) is 17.0. The number of allylic oxidation sites excluding steroid dienone is 6. The number of hydrogen-bond donors (Lipinski definition) is 2. The van der Waals surface area contributed by atoms with Crippen LogP contribution in [0.1, 0.15) is 26.7 Å². The molecule has 0 aliphatic carbocycles. The Balaban J connectivity index is 3.42. The molecule has 1 heterocycles. The third kappa shape index (κ3) is 3.93. The second-order valence-electron chi connectivity index (χ2n) is 5.12. The van der Waals surface area contributed by atoms with E-state index in [1.807, 2.05) is 50.3 Å². The average Bonchev–Trinajstić information content (AvgIpc) is 3.02. The van der Waals surface area contributed by atoms with Crippen molar-refractivity contribution in [2.24, 2.45) is 0 Å². The Morgan fingerprint density at radius 1 is 1.19 bits per heavy atom. The van der Waals surface area contributed by atoms with Crippen LogP contribution in [0.2, 0.25) is 0 Å². The fourth-order valence-electron chi connectivity index (χ4n) is 2.78. The second kappa shape index (κ2) is 8.60. The van der Waals surface area contributed by atoms with Gasteiger partial charge < -0.3 is 10.4 Å². The van der Waals surface area contributed by atoms with Gasteiger partial charge in [-0.05, 0) is 44.4 Å². The summed E-state index contributed by atoms with van der Waals surface area (Å²) in [5.41, 5.74) is 0.527. The molecule has 0 aromatic heterocycles. The number of hydrogen-bond acceptors (Lipinski definition) is 2. The van der Waals surface area contributed by atoms with Crippen molar-refractivity contribution in [1.29, 1.82) is 0 Å². The molecule has 0 amide bonds. The molecule has 1 fully saturated rings. The molecular weight excluding hydrogens is 258 g/mol. The molecule has 1 saturated heterocycles. The van der Waals surface area contributed by atoms with Gasteiger partial charge in [0.2, 0.25) is 0 Å². The molecule has 2 heteroatoms. The van der Waals surface area contributed by atoms with Gasteiger partial charge in [0.25, 0.3) is 0 Å². The van der Waals surface area contributed by atoms with Crippen LogP contribution >= 0.6 is 0 Å². The first kappa shape index (κ1) is 17.4. The molecule has 1 rings (SSSR count). The SMILES string of the molecule is C=C/C=C(\C=C/C)C(O)(/C(C=C)=C/C=C\C)C1CCCN1. The highest BCUT2D eigenvalue weighted by Gasteiger charge is 2.42. The van der Waals surface area contributed by atoms with Gasteiger partial charge in [0.05, 0.1) is 0 Å². The highest BCUT2D eigenvalue weighted by Crippen LogP contribution is 2.35. The van der Waals surface area contributed by atoms with E-state index in [1.54, 1.807) is 12.2 Å². The van der Waals surface area contributed by atoms with Crippen LogP contribution in [0.4, 0.5) is 0 Å². The lowest BCUT2D eigenvalue weighted by Crippen LogP contribution is -2.50. The van der Waals surface area contributed by atoms with Gasteiger partial charge in [0, 0.05) is 6.04 Å². The van der Waals surface area contributed by atoms with Crippen molar-refractivity contribution in [3.05, 3.63) is 72.9 Å². The average molecular weight is 285 g/mol. The van der Waals surface area contributed by atoms with Crippen molar-refractivity contribution in [1.82, 2.24) is 5.32 Å². The standard InChI is InChI=1S/C19H27NO/c1-5-9-13-16(8-4)19(21,18-14-10-15-20-18)17(11-6-2)12-7-3/h5-9,11-13,18,20-21H,2,4,10,14-15H2,1,3H3/b9-5-,12-7-,16-13+,17-11+. The normalized spacial score (nSPS) is 23.7. The van der Waals surface area contributed by atoms with Gasteiger partial charge in [-0.2, -0.15) is 0 Å². The molecule has 2 unspecified atom stereocenters. The Morgan fingerprint density at radius 2 is 1.95 bits per heavy atom. The Morgan fingerprint density at radius 3 is 2.43 bits per heavy atom. The molecule has 21 heavy (non-hydrogen) atoms. The summed E-state index contributed by atoms with van der Waals surface area (Å²) in [7, 11) is 0. The summed E-state index contributed by atoms with van der Waals surface area (Å²) >= 11 is 0. The monoisotopic (exact) mass is 285 g/mol. The maximum absolute atomic E-state index is 11.5. The van der Waals surface area contributed by atoms with E-state index < -0.39 is 5.60 Å². The van der Waals surface area contributed by atoms with Crippen LogP contribution in [0.15, 0.2) is 72.9 Å². The van der Waals surface area contributed by atoms with E-state index in [1.165, 1.54) is 0 Å². The Bertz CT molecular complexity index is 476. The maximum atomic E-state index is 11.5. The zero-order chi connectivity index (χ0) is 15.7. The van der Waals surface area contributed by atoms with Crippen LogP contribution in [0, 0.1) is 0 Å². The predicted molar refractivity (Wildman–Crippen MR) is 92.2 cm³/mol. The minimum absolute atomic E-state index is 0.0191. The highest BCUT2D eigenvalue weighted by molar-refractivity contribution is 5.48. The third-order valence-electron chi connectivity index (χ3n) is 3.78. The number of nitrogens with one attached hydrogen (secondary N) is 1. The summed E-state index contributed by atoms with van der Waals surface area (Å²) in [6.45, 7) is 12.5. The minimum atomic E-state index is -1.10. The molecule has 0 saturated carbocycles. The van der Waals surface area contributed by atoms with Crippen LogP contribution in [0.3, 0.4) is 0 Å². The molecule has 0 spiro atoms. The Kier molecular flexibility index (Phi) is 7.13. The fourth-order valence-corrected chi connectivity index (χ4v) is 2.78. The predicted octanol–water partition coefficient (Wildman–Crippen LogP) is 3.85. The summed E-state index contributed by atoms with van der Waals surface area (Å²) < 4.78 is 0. The summed E-state index contributed by atoms with van der Waals surface area (Å²) in [4.78, 5) is 0. The third-order valence-corrected chi connectivity index (χ3v) is 3.78. The van der Waals surface area contributed by atoms with Gasteiger partial charge in [-0.15, -0.1) is 0 Å². The largest absolute Gasteiger partial charge is 0.379 e. The molecule has 0 aromatic rings. The van der Waals surface area contributed by atoms with E-state index in [4.69, 9.17) is 0 Å². The van der Waals surface area contributed by atoms with Gasteiger partial charge in [0.15, 0.2) is 0 Å². The van der Waals surface area contributed by atoms with Crippen molar-refractivity contribution >= 4 is 0 Å². The lowest BCUT2D eigenvalue weighted by Gasteiger charge is -2.37. The van der Waals surface area contributed by atoms with Gasteiger partial charge in [-0.1, -0.05) is 61.8 Å². The van der Waals surface area contributed by atoms with Crippen LogP contribution < -0.4 is 5.32 Å². The van der Waals surface area contributed by atoms with Crippen molar-refractivity contribution in [2.45, 2.75) is 38.3 Å². The summed E-state index contributed by atoms with van der Waals surface area (Å²) in [5.74, 6) is 0. The zero-order valence-electron chi connectivity index (χ0n) is 13.2. The van der Waals surface area contributed by atoms with Crippen molar-refractivity contribution < 1.29 is 5.11 Å². The zero-order valence-corrected chi connectivity index (χ0v) is 13.2. The van der Waals surface area contributed by atoms with E-state index in [9.17, 15) is 5.11 Å². The lowest BCUT2D eigenvalue weighted by molar-refractivity contribution is 0.0864. The molecule has 0 radical (unpaired) electrons. The van der Waals surface area contributed by atoms with E-state index in [2.05, 4.69) is 18.5 Å². The molecule has 2 N–H and O–H groups in total. The van der Waals surface area contributed by atoms with E-state index >= 15 is 0 Å². The van der Waals surface area contributed by atoms with Gasteiger partial charge in [0.1, 0.15) is 5.60 Å². The quantitative estimate of drug-likeness (QED) is 0.696. The first-order chi connectivity index (χ1) is 10.1. The van der Waals surface area contributed by atoms with Gasteiger partial charge in [-0.25, -0.2) is 0 Å². The van der Waals surface area contributed by atoms with Crippen LogP contribution in [0.25, 0.3) is 0 Å². The molecule has 2 nitrogen and oxygen atoms in total. The van der Waals surface area contributed by atoms with Gasteiger partial charge >= 0.3 is 0 Å². The molecular formula is C19H27NO. The molecule has 114 valence electrons. The van der Waals surface area contributed by atoms with Gasteiger partial charge in [-0.3, -0.25) is 0 Å². The first-order valence-electron chi connectivity index (χ1n) is 7.52. The topological polar surface area (TPSA) is 32.3 Å². The van der Waals surface area contributed by atoms with Crippen molar-refractivity contribution in [3.63, 3.8) is 0 Å². The molecule has 1 aliphatic rings. The highest BCUT2D eigenvalue weighted by atomic mass is 16.3. The van der Waals surface area contributed by atoms with Crippen LogP contribution in [-0.2, 0) is 0 Å².